The smallest absolute Gasteiger partial charge is 0.150 e. The fourth-order valence-corrected chi connectivity index (χ4v) is 2.44. The molecule has 0 unspecified atom stereocenters. The van der Waals surface area contributed by atoms with Gasteiger partial charge in [0.1, 0.15) is 6.29 Å². The van der Waals surface area contributed by atoms with Crippen LogP contribution in [-0.2, 0) is 0 Å². The average molecular weight is 308 g/mol. The molecule has 0 atom stereocenters. The van der Waals surface area contributed by atoms with Gasteiger partial charge >= 0.3 is 0 Å². The number of piperidine rings is 1. The minimum absolute atomic E-state index is 0.729. The summed E-state index contributed by atoms with van der Waals surface area (Å²) in [6, 6.07) is 19.4. The van der Waals surface area contributed by atoms with Gasteiger partial charge in [-0.25, -0.2) is 0 Å². The van der Waals surface area contributed by atoms with Crippen LogP contribution >= 0.6 is 0 Å². The number of nitrogens with zero attached hydrogens (tertiary/aromatic N) is 1. The molecule has 1 saturated heterocycles. The molecule has 0 aliphatic carbocycles. The monoisotopic (exact) mass is 308 g/mol. The standard InChI is InChI=1S/C13H18N2.C7H6O/c1-2-4-12(5-3-1)10-15-11-13-6-8-14-9-7-13;8-6-7-4-2-1-3-5-7/h1-5,10,13-14H,6-9,11H2;1-6H/b15-10-;. The molecule has 120 valence electrons. The van der Waals surface area contributed by atoms with E-state index < -0.39 is 0 Å². The Morgan fingerprint density at radius 1 is 0.913 bits per heavy atom. The van der Waals surface area contributed by atoms with Gasteiger partial charge in [-0.3, -0.25) is 9.79 Å². The van der Waals surface area contributed by atoms with Crippen LogP contribution in [0.1, 0.15) is 28.8 Å². The molecule has 2 aromatic carbocycles. The Morgan fingerprint density at radius 3 is 2.00 bits per heavy atom. The third kappa shape index (κ3) is 7.02. The molecule has 1 N–H and O–H groups in total. The number of nitrogens with one attached hydrogen (secondary N) is 1. The van der Waals surface area contributed by atoms with Gasteiger partial charge in [0.25, 0.3) is 0 Å². The maximum atomic E-state index is 10.0. The van der Waals surface area contributed by atoms with Crippen molar-refractivity contribution in [3.63, 3.8) is 0 Å². The normalized spacial score (nSPS) is 15.0. The van der Waals surface area contributed by atoms with Crippen molar-refractivity contribution in [2.75, 3.05) is 19.6 Å². The number of aliphatic imine (C=N–C) groups is 1. The Hall–Kier alpha value is -2.26. The van der Waals surface area contributed by atoms with Crippen molar-refractivity contribution in [1.82, 2.24) is 5.32 Å². The minimum Gasteiger partial charge on any atom is -0.317 e. The second-order valence-electron chi connectivity index (χ2n) is 5.63. The Bertz CT molecular complexity index is 575. The Balaban J connectivity index is 0.000000203. The predicted molar refractivity (Wildman–Crippen MR) is 96.3 cm³/mol. The van der Waals surface area contributed by atoms with Gasteiger partial charge in [-0.2, -0.15) is 0 Å². The highest BCUT2D eigenvalue weighted by Gasteiger charge is 2.11. The molecule has 0 amide bonds. The van der Waals surface area contributed by atoms with Crippen LogP contribution in [0.4, 0.5) is 0 Å². The van der Waals surface area contributed by atoms with E-state index in [0.717, 1.165) is 37.4 Å². The van der Waals surface area contributed by atoms with Gasteiger partial charge in [0.2, 0.25) is 0 Å². The van der Waals surface area contributed by atoms with Crippen LogP contribution in [0.25, 0.3) is 0 Å². The van der Waals surface area contributed by atoms with Crippen LogP contribution in [0.15, 0.2) is 65.7 Å². The summed E-state index contributed by atoms with van der Waals surface area (Å²) >= 11 is 0. The third-order valence-electron chi connectivity index (χ3n) is 3.80. The zero-order valence-electron chi connectivity index (χ0n) is 13.4. The average Bonchev–Trinajstić information content (AvgIpc) is 2.65. The van der Waals surface area contributed by atoms with Crippen molar-refractivity contribution in [1.29, 1.82) is 0 Å². The summed E-state index contributed by atoms with van der Waals surface area (Å²) in [7, 11) is 0. The summed E-state index contributed by atoms with van der Waals surface area (Å²) in [6.07, 6.45) is 5.36. The molecule has 3 rings (SSSR count). The molecule has 0 spiro atoms. The maximum Gasteiger partial charge on any atom is 0.150 e. The van der Waals surface area contributed by atoms with Crippen LogP contribution in [0.3, 0.4) is 0 Å². The summed E-state index contributed by atoms with van der Waals surface area (Å²) in [5.41, 5.74) is 1.93. The van der Waals surface area contributed by atoms with Gasteiger partial charge in [-0.15, -0.1) is 0 Å². The van der Waals surface area contributed by atoms with Crippen molar-refractivity contribution in [2.45, 2.75) is 12.8 Å². The first-order valence-corrected chi connectivity index (χ1v) is 8.14. The first kappa shape index (κ1) is 17.1. The molecule has 2 aromatic rings. The summed E-state index contributed by atoms with van der Waals surface area (Å²) in [4.78, 5) is 14.5. The lowest BCUT2D eigenvalue weighted by atomic mass is 9.98. The summed E-state index contributed by atoms with van der Waals surface area (Å²) < 4.78 is 0. The molecule has 1 fully saturated rings. The lowest BCUT2D eigenvalue weighted by Gasteiger charge is -2.20. The van der Waals surface area contributed by atoms with Gasteiger partial charge in [-0.1, -0.05) is 60.7 Å². The predicted octanol–water partition coefficient (Wildman–Crippen LogP) is 3.60. The molecule has 3 nitrogen and oxygen atoms in total. The first-order chi connectivity index (χ1) is 11.4. The molecule has 1 aliphatic heterocycles. The van der Waals surface area contributed by atoms with E-state index in [1.807, 2.05) is 42.6 Å². The minimum atomic E-state index is 0.729. The van der Waals surface area contributed by atoms with Crippen LogP contribution in [0.2, 0.25) is 0 Å². The van der Waals surface area contributed by atoms with Crippen molar-refractivity contribution in [2.24, 2.45) is 10.9 Å². The fourth-order valence-electron chi connectivity index (χ4n) is 2.44. The zero-order chi connectivity index (χ0) is 16.2. The van der Waals surface area contributed by atoms with Gasteiger partial charge in [0.05, 0.1) is 0 Å². The number of hydrogen-bond donors (Lipinski definition) is 1. The van der Waals surface area contributed by atoms with Crippen molar-refractivity contribution >= 4 is 12.5 Å². The van der Waals surface area contributed by atoms with E-state index >= 15 is 0 Å². The zero-order valence-corrected chi connectivity index (χ0v) is 13.4. The van der Waals surface area contributed by atoms with E-state index in [4.69, 9.17) is 0 Å². The number of hydrogen-bond acceptors (Lipinski definition) is 3. The first-order valence-electron chi connectivity index (χ1n) is 8.14. The molecule has 1 heterocycles. The van der Waals surface area contributed by atoms with E-state index in [-0.39, 0.29) is 0 Å². The molecule has 0 radical (unpaired) electrons. The quantitative estimate of drug-likeness (QED) is 0.692. The molecule has 23 heavy (non-hydrogen) atoms. The number of carbonyl (C=O) groups excluding carboxylic acids is 1. The van der Waals surface area contributed by atoms with Gasteiger partial charge < -0.3 is 5.32 Å². The molecule has 0 aromatic heterocycles. The summed E-state index contributed by atoms with van der Waals surface area (Å²) in [6.45, 7) is 3.30. The van der Waals surface area contributed by atoms with Gasteiger partial charge in [0, 0.05) is 18.3 Å². The highest BCUT2D eigenvalue weighted by Crippen LogP contribution is 2.11. The second kappa shape index (κ2) is 10.5. The molecule has 0 bridgehead atoms. The molecule has 0 saturated carbocycles. The number of rotatable bonds is 4. The molecule has 1 aliphatic rings. The Labute approximate surface area is 138 Å². The van der Waals surface area contributed by atoms with Crippen molar-refractivity contribution < 1.29 is 4.79 Å². The topological polar surface area (TPSA) is 41.5 Å². The van der Waals surface area contributed by atoms with Gasteiger partial charge in [-0.05, 0) is 37.4 Å². The number of benzene rings is 2. The highest BCUT2D eigenvalue weighted by molar-refractivity contribution is 5.79. The van der Waals surface area contributed by atoms with E-state index in [1.165, 1.54) is 18.4 Å². The second-order valence-corrected chi connectivity index (χ2v) is 5.63. The van der Waals surface area contributed by atoms with E-state index in [1.54, 1.807) is 12.1 Å². The van der Waals surface area contributed by atoms with Crippen molar-refractivity contribution in [3.8, 4) is 0 Å². The molecule has 3 heteroatoms. The molecular weight excluding hydrogens is 284 g/mol. The van der Waals surface area contributed by atoms with E-state index in [9.17, 15) is 4.79 Å². The number of carbonyl (C=O) groups is 1. The molecular formula is C20H24N2O. The van der Waals surface area contributed by atoms with E-state index in [0.29, 0.717) is 0 Å². The van der Waals surface area contributed by atoms with Gasteiger partial charge in [0.15, 0.2) is 0 Å². The highest BCUT2D eigenvalue weighted by atomic mass is 16.1. The van der Waals surface area contributed by atoms with Crippen LogP contribution < -0.4 is 5.32 Å². The Morgan fingerprint density at radius 2 is 1.48 bits per heavy atom. The Kier molecular flexibility index (Phi) is 7.78. The van der Waals surface area contributed by atoms with Crippen LogP contribution in [-0.4, -0.2) is 32.1 Å². The van der Waals surface area contributed by atoms with Crippen molar-refractivity contribution in [3.05, 3.63) is 71.8 Å². The van der Waals surface area contributed by atoms with Crippen LogP contribution in [0.5, 0.6) is 0 Å². The third-order valence-corrected chi connectivity index (χ3v) is 3.80. The lowest BCUT2D eigenvalue weighted by molar-refractivity contribution is 0.112. The van der Waals surface area contributed by atoms with E-state index in [2.05, 4.69) is 22.4 Å². The van der Waals surface area contributed by atoms with Crippen LogP contribution in [0, 0.1) is 5.92 Å². The lowest BCUT2D eigenvalue weighted by Crippen LogP contribution is -2.28. The summed E-state index contributed by atoms with van der Waals surface area (Å²) in [5, 5.41) is 3.37. The largest absolute Gasteiger partial charge is 0.317 e. The SMILES string of the molecule is C(=N/CC1CCNCC1)/c1ccccc1.O=Cc1ccccc1. The number of aldehydes is 1. The maximum absolute atomic E-state index is 10.0. The summed E-state index contributed by atoms with van der Waals surface area (Å²) in [5.74, 6) is 0.784. The fraction of sp³-hybridized carbons (Fsp3) is 0.300.